The van der Waals surface area contributed by atoms with E-state index in [9.17, 15) is 4.79 Å². The van der Waals surface area contributed by atoms with Gasteiger partial charge >= 0.3 is 0 Å². The highest BCUT2D eigenvalue weighted by Gasteiger charge is 2.37. The van der Waals surface area contributed by atoms with Crippen LogP contribution in [0.3, 0.4) is 0 Å². The molecule has 4 heteroatoms. The molecule has 1 aromatic carbocycles. The molecule has 2 N–H and O–H groups in total. The fraction of sp³-hybridized carbons (Fsp3) is 0.471. The van der Waals surface area contributed by atoms with Crippen LogP contribution in [0.5, 0.6) is 0 Å². The van der Waals surface area contributed by atoms with Crippen LogP contribution in [-0.4, -0.2) is 42.0 Å². The SMILES string of the molecule is O=C(CCc1c[nH]c2ccccc12)N1C[C@H]2CNC[C@H]2C1. The van der Waals surface area contributed by atoms with E-state index in [1.54, 1.807) is 0 Å². The van der Waals surface area contributed by atoms with Gasteiger partial charge in [0.15, 0.2) is 0 Å². The van der Waals surface area contributed by atoms with Crippen LogP contribution in [0, 0.1) is 11.8 Å². The molecule has 0 bridgehead atoms. The van der Waals surface area contributed by atoms with Crippen molar-refractivity contribution in [3.8, 4) is 0 Å². The average Bonchev–Trinajstić information content (AvgIpc) is 3.18. The fourth-order valence-electron chi connectivity index (χ4n) is 3.80. The zero-order valence-electron chi connectivity index (χ0n) is 12.1. The Balaban J connectivity index is 1.39. The smallest absolute Gasteiger partial charge is 0.222 e. The first-order valence-electron chi connectivity index (χ1n) is 7.85. The van der Waals surface area contributed by atoms with Crippen molar-refractivity contribution in [2.75, 3.05) is 26.2 Å². The summed E-state index contributed by atoms with van der Waals surface area (Å²) in [6.07, 6.45) is 3.49. The van der Waals surface area contributed by atoms with E-state index in [0.717, 1.165) is 38.1 Å². The van der Waals surface area contributed by atoms with Gasteiger partial charge in [-0.3, -0.25) is 4.79 Å². The van der Waals surface area contributed by atoms with Gasteiger partial charge in [-0.1, -0.05) is 18.2 Å². The van der Waals surface area contributed by atoms with Crippen molar-refractivity contribution in [3.63, 3.8) is 0 Å². The highest BCUT2D eigenvalue weighted by molar-refractivity contribution is 5.84. The normalized spacial score (nSPS) is 24.7. The quantitative estimate of drug-likeness (QED) is 0.902. The number of likely N-dealkylation sites (tertiary alicyclic amines) is 1. The predicted octanol–water partition coefficient (Wildman–Crippen LogP) is 1.78. The minimum Gasteiger partial charge on any atom is -0.361 e. The van der Waals surface area contributed by atoms with Gasteiger partial charge < -0.3 is 15.2 Å². The molecule has 2 fully saturated rings. The Morgan fingerprint density at radius 1 is 1.19 bits per heavy atom. The third kappa shape index (κ3) is 2.33. The molecule has 4 rings (SSSR count). The number of aryl methyl sites for hydroxylation is 1. The standard InChI is InChI=1S/C17H21N3O/c21-17(20-10-13-7-18-8-14(13)11-20)6-5-12-9-19-16-4-2-1-3-15(12)16/h1-4,9,13-14,18-19H,5-8,10-11H2/t13-,14+. The number of amides is 1. The summed E-state index contributed by atoms with van der Waals surface area (Å²) in [5.41, 5.74) is 2.40. The first-order chi connectivity index (χ1) is 10.3. The Morgan fingerprint density at radius 3 is 2.76 bits per heavy atom. The van der Waals surface area contributed by atoms with E-state index in [4.69, 9.17) is 0 Å². The van der Waals surface area contributed by atoms with Crippen LogP contribution in [0.1, 0.15) is 12.0 Å². The second-order valence-corrected chi connectivity index (χ2v) is 6.34. The molecule has 1 amide bonds. The van der Waals surface area contributed by atoms with Crippen LogP contribution in [-0.2, 0) is 11.2 Å². The maximum Gasteiger partial charge on any atom is 0.222 e. The molecule has 0 spiro atoms. The van der Waals surface area contributed by atoms with E-state index in [0.29, 0.717) is 24.2 Å². The summed E-state index contributed by atoms with van der Waals surface area (Å²) in [4.78, 5) is 17.8. The lowest BCUT2D eigenvalue weighted by Gasteiger charge is -2.17. The molecule has 1 aromatic heterocycles. The second-order valence-electron chi connectivity index (χ2n) is 6.34. The Labute approximate surface area is 124 Å². The van der Waals surface area contributed by atoms with Crippen LogP contribution >= 0.6 is 0 Å². The molecule has 0 aliphatic carbocycles. The van der Waals surface area contributed by atoms with Gasteiger partial charge in [0.2, 0.25) is 5.91 Å². The summed E-state index contributed by atoms with van der Waals surface area (Å²) in [5, 5.41) is 4.66. The van der Waals surface area contributed by atoms with Crippen molar-refractivity contribution in [3.05, 3.63) is 36.0 Å². The summed E-state index contributed by atoms with van der Waals surface area (Å²) in [5.74, 6) is 1.68. The van der Waals surface area contributed by atoms with Crippen LogP contribution in [0.15, 0.2) is 30.5 Å². The number of aromatic nitrogens is 1. The number of nitrogens with zero attached hydrogens (tertiary/aromatic N) is 1. The number of hydrogen-bond acceptors (Lipinski definition) is 2. The van der Waals surface area contributed by atoms with E-state index < -0.39 is 0 Å². The van der Waals surface area contributed by atoms with Crippen molar-refractivity contribution in [1.82, 2.24) is 15.2 Å². The Morgan fingerprint density at radius 2 is 1.95 bits per heavy atom. The zero-order chi connectivity index (χ0) is 14.2. The number of carbonyl (C=O) groups is 1. The summed E-state index contributed by atoms with van der Waals surface area (Å²) in [6, 6.07) is 8.29. The van der Waals surface area contributed by atoms with Crippen LogP contribution < -0.4 is 5.32 Å². The van der Waals surface area contributed by atoms with Crippen LogP contribution in [0.2, 0.25) is 0 Å². The summed E-state index contributed by atoms with van der Waals surface area (Å²) in [6.45, 7) is 4.06. The maximum atomic E-state index is 12.4. The van der Waals surface area contributed by atoms with E-state index >= 15 is 0 Å². The lowest BCUT2D eigenvalue weighted by molar-refractivity contribution is -0.130. The lowest BCUT2D eigenvalue weighted by Crippen LogP contribution is -2.31. The summed E-state index contributed by atoms with van der Waals surface area (Å²) < 4.78 is 0. The molecule has 110 valence electrons. The average molecular weight is 283 g/mol. The predicted molar refractivity (Wildman–Crippen MR) is 83.0 cm³/mol. The van der Waals surface area contributed by atoms with Gasteiger partial charge in [-0.25, -0.2) is 0 Å². The third-order valence-corrected chi connectivity index (χ3v) is 5.03. The molecule has 3 heterocycles. The lowest BCUT2D eigenvalue weighted by atomic mass is 10.0. The molecule has 4 nitrogen and oxygen atoms in total. The van der Waals surface area contributed by atoms with Gasteiger partial charge in [0.1, 0.15) is 0 Å². The first kappa shape index (κ1) is 12.9. The number of para-hydroxylation sites is 1. The first-order valence-corrected chi connectivity index (χ1v) is 7.85. The van der Waals surface area contributed by atoms with E-state index in [1.807, 2.05) is 12.3 Å². The summed E-state index contributed by atoms with van der Waals surface area (Å²) >= 11 is 0. The molecule has 0 unspecified atom stereocenters. The van der Waals surface area contributed by atoms with Crippen molar-refractivity contribution >= 4 is 16.8 Å². The molecule has 2 saturated heterocycles. The van der Waals surface area contributed by atoms with Crippen molar-refractivity contribution in [2.24, 2.45) is 11.8 Å². The summed E-state index contributed by atoms with van der Waals surface area (Å²) in [7, 11) is 0. The number of fused-ring (bicyclic) bond motifs is 2. The number of nitrogens with one attached hydrogen (secondary N) is 2. The van der Waals surface area contributed by atoms with Crippen molar-refractivity contribution < 1.29 is 4.79 Å². The topological polar surface area (TPSA) is 48.1 Å². The van der Waals surface area contributed by atoms with Crippen LogP contribution in [0.25, 0.3) is 10.9 Å². The number of H-pyrrole nitrogens is 1. The van der Waals surface area contributed by atoms with Gasteiger partial charge in [0.25, 0.3) is 0 Å². The van der Waals surface area contributed by atoms with E-state index in [-0.39, 0.29) is 0 Å². The molecule has 2 aliphatic heterocycles. The molecule has 2 aromatic rings. The molecule has 0 saturated carbocycles. The Bertz CT molecular complexity index is 651. The zero-order valence-corrected chi connectivity index (χ0v) is 12.1. The minimum absolute atomic E-state index is 0.315. The second kappa shape index (κ2) is 5.19. The van der Waals surface area contributed by atoms with Gasteiger partial charge in [0.05, 0.1) is 0 Å². The van der Waals surface area contributed by atoms with Crippen LogP contribution in [0.4, 0.5) is 0 Å². The fourth-order valence-corrected chi connectivity index (χ4v) is 3.80. The largest absolute Gasteiger partial charge is 0.361 e. The minimum atomic E-state index is 0.315. The monoisotopic (exact) mass is 283 g/mol. The highest BCUT2D eigenvalue weighted by atomic mass is 16.2. The molecular formula is C17H21N3O. The maximum absolute atomic E-state index is 12.4. The molecular weight excluding hydrogens is 262 g/mol. The Kier molecular flexibility index (Phi) is 3.19. The van der Waals surface area contributed by atoms with Gasteiger partial charge in [-0.05, 0) is 29.9 Å². The van der Waals surface area contributed by atoms with Gasteiger partial charge in [-0.2, -0.15) is 0 Å². The van der Waals surface area contributed by atoms with Gasteiger partial charge in [0, 0.05) is 49.7 Å². The Hall–Kier alpha value is -1.81. The van der Waals surface area contributed by atoms with E-state index in [1.165, 1.54) is 10.9 Å². The van der Waals surface area contributed by atoms with Gasteiger partial charge in [-0.15, -0.1) is 0 Å². The highest BCUT2D eigenvalue weighted by Crippen LogP contribution is 2.27. The van der Waals surface area contributed by atoms with Crippen molar-refractivity contribution in [2.45, 2.75) is 12.8 Å². The molecule has 21 heavy (non-hydrogen) atoms. The number of hydrogen-bond donors (Lipinski definition) is 2. The number of carbonyl (C=O) groups excluding carboxylic acids is 1. The van der Waals surface area contributed by atoms with Crippen molar-refractivity contribution in [1.29, 1.82) is 0 Å². The number of rotatable bonds is 3. The van der Waals surface area contributed by atoms with E-state index in [2.05, 4.69) is 33.4 Å². The number of aromatic amines is 1. The molecule has 2 aliphatic rings. The molecule has 2 atom stereocenters. The molecule has 0 radical (unpaired) electrons. The number of benzene rings is 1. The third-order valence-electron chi connectivity index (χ3n) is 5.03.